The van der Waals surface area contributed by atoms with Crippen LogP contribution < -0.4 is 0 Å². The molecule has 0 aliphatic rings. The summed E-state index contributed by atoms with van der Waals surface area (Å²) in [7, 11) is 0. The van der Waals surface area contributed by atoms with E-state index in [4.69, 9.17) is 4.42 Å². The van der Waals surface area contributed by atoms with Crippen LogP contribution in [0.1, 0.15) is 15.9 Å². The lowest BCUT2D eigenvalue weighted by Crippen LogP contribution is -2.00. The van der Waals surface area contributed by atoms with Gasteiger partial charge in [0.2, 0.25) is 0 Å². The lowest BCUT2D eigenvalue weighted by Gasteiger charge is -1.93. The van der Waals surface area contributed by atoms with Crippen LogP contribution in [0.4, 0.5) is 0 Å². The molecule has 4 nitrogen and oxygen atoms in total. The molecule has 2 heterocycles. The molecule has 0 aliphatic carbocycles. The van der Waals surface area contributed by atoms with Crippen LogP contribution >= 0.6 is 0 Å². The smallest absolute Gasteiger partial charge is 0.199 e. The summed E-state index contributed by atoms with van der Waals surface area (Å²) < 4.78 is 4.80. The van der Waals surface area contributed by atoms with Crippen molar-refractivity contribution in [1.82, 2.24) is 9.97 Å². The van der Waals surface area contributed by atoms with Crippen molar-refractivity contribution in [3.8, 4) is 0 Å². The van der Waals surface area contributed by atoms with Gasteiger partial charge in [0.05, 0.1) is 17.4 Å². The van der Waals surface area contributed by atoms with Gasteiger partial charge in [-0.2, -0.15) is 0 Å². The molecule has 0 bridgehead atoms. The third-order valence-corrected chi connectivity index (χ3v) is 1.61. The summed E-state index contributed by atoms with van der Waals surface area (Å²) in [5, 5.41) is 0. The third-order valence-electron chi connectivity index (χ3n) is 1.61. The van der Waals surface area contributed by atoms with Gasteiger partial charge in [-0.15, -0.1) is 0 Å². The highest BCUT2D eigenvalue weighted by Gasteiger charge is 2.09. The average molecular weight is 174 g/mol. The molecule has 2 aromatic rings. The molecule has 0 aromatic carbocycles. The van der Waals surface area contributed by atoms with Crippen LogP contribution in [-0.2, 0) is 0 Å². The Bertz CT molecular complexity index is 395. The van der Waals surface area contributed by atoms with Crippen molar-refractivity contribution in [1.29, 1.82) is 0 Å². The summed E-state index contributed by atoms with van der Waals surface area (Å²) >= 11 is 0. The Morgan fingerprint density at radius 2 is 2.00 bits per heavy atom. The zero-order valence-electron chi connectivity index (χ0n) is 6.68. The summed E-state index contributed by atoms with van der Waals surface area (Å²) in [5.41, 5.74) is 0.971. The van der Waals surface area contributed by atoms with Crippen LogP contribution in [0.25, 0.3) is 0 Å². The van der Waals surface area contributed by atoms with Crippen LogP contribution in [-0.4, -0.2) is 15.8 Å². The minimum Gasteiger partial charge on any atom is -0.472 e. The van der Waals surface area contributed by atoms with Gasteiger partial charge in [-0.25, -0.2) is 9.97 Å². The van der Waals surface area contributed by atoms with E-state index in [0.29, 0.717) is 11.1 Å². The molecule has 0 atom stereocenters. The summed E-state index contributed by atoms with van der Waals surface area (Å²) in [6, 6.07) is 1.61. The SMILES string of the molecule is O=C(c1cncnc1)c1ccoc1. The van der Waals surface area contributed by atoms with Crippen molar-refractivity contribution in [3.05, 3.63) is 48.4 Å². The Labute approximate surface area is 74.2 Å². The Kier molecular flexibility index (Phi) is 1.88. The summed E-state index contributed by atoms with van der Waals surface area (Å²) in [5.74, 6) is -0.130. The predicted molar refractivity (Wildman–Crippen MR) is 44.2 cm³/mol. The molecule has 0 unspecified atom stereocenters. The number of aromatic nitrogens is 2. The number of carbonyl (C=O) groups is 1. The molecule has 0 saturated heterocycles. The van der Waals surface area contributed by atoms with E-state index >= 15 is 0 Å². The number of ketones is 1. The van der Waals surface area contributed by atoms with Gasteiger partial charge in [0.15, 0.2) is 5.78 Å². The van der Waals surface area contributed by atoms with E-state index in [1.54, 1.807) is 6.07 Å². The lowest BCUT2D eigenvalue weighted by atomic mass is 10.1. The van der Waals surface area contributed by atoms with Crippen LogP contribution in [0.5, 0.6) is 0 Å². The van der Waals surface area contributed by atoms with Gasteiger partial charge in [0, 0.05) is 12.4 Å². The minimum atomic E-state index is -0.130. The summed E-state index contributed by atoms with van der Waals surface area (Å²) in [4.78, 5) is 19.1. The Balaban J connectivity index is 2.34. The topological polar surface area (TPSA) is 56.0 Å². The van der Waals surface area contributed by atoms with Gasteiger partial charge in [-0.3, -0.25) is 4.79 Å². The highest BCUT2D eigenvalue weighted by atomic mass is 16.3. The van der Waals surface area contributed by atoms with Crippen molar-refractivity contribution in [2.45, 2.75) is 0 Å². The predicted octanol–water partition coefficient (Wildman–Crippen LogP) is 1.30. The molecule has 2 aromatic heterocycles. The van der Waals surface area contributed by atoms with E-state index in [1.165, 1.54) is 31.2 Å². The van der Waals surface area contributed by atoms with E-state index in [-0.39, 0.29) is 5.78 Å². The fourth-order valence-corrected chi connectivity index (χ4v) is 0.977. The zero-order valence-corrected chi connectivity index (χ0v) is 6.68. The number of hydrogen-bond acceptors (Lipinski definition) is 4. The highest BCUT2D eigenvalue weighted by Crippen LogP contribution is 2.07. The van der Waals surface area contributed by atoms with Gasteiger partial charge in [-0.1, -0.05) is 0 Å². The van der Waals surface area contributed by atoms with E-state index in [1.807, 2.05) is 0 Å². The number of hydrogen-bond donors (Lipinski definition) is 0. The molecule has 2 rings (SSSR count). The highest BCUT2D eigenvalue weighted by molar-refractivity contribution is 6.08. The minimum absolute atomic E-state index is 0.130. The quantitative estimate of drug-likeness (QED) is 0.644. The van der Waals surface area contributed by atoms with Crippen LogP contribution in [0.3, 0.4) is 0 Å². The molecule has 0 amide bonds. The molecule has 0 spiro atoms. The molecular weight excluding hydrogens is 168 g/mol. The van der Waals surface area contributed by atoms with Crippen molar-refractivity contribution in [2.24, 2.45) is 0 Å². The molecule has 0 saturated carbocycles. The molecule has 0 aliphatic heterocycles. The van der Waals surface area contributed by atoms with E-state index in [9.17, 15) is 4.79 Å². The van der Waals surface area contributed by atoms with Crippen molar-refractivity contribution in [2.75, 3.05) is 0 Å². The first-order chi connectivity index (χ1) is 6.38. The molecule has 0 N–H and O–H groups in total. The van der Waals surface area contributed by atoms with Crippen molar-refractivity contribution in [3.63, 3.8) is 0 Å². The first-order valence-corrected chi connectivity index (χ1v) is 3.70. The fraction of sp³-hybridized carbons (Fsp3) is 0. The molecule has 64 valence electrons. The maximum absolute atomic E-state index is 11.6. The van der Waals surface area contributed by atoms with E-state index in [2.05, 4.69) is 9.97 Å². The number of carbonyl (C=O) groups excluding carboxylic acids is 1. The van der Waals surface area contributed by atoms with Crippen molar-refractivity contribution >= 4 is 5.78 Å². The molecular formula is C9H6N2O2. The molecule has 0 radical (unpaired) electrons. The Hall–Kier alpha value is -1.97. The Morgan fingerprint density at radius 1 is 1.23 bits per heavy atom. The Morgan fingerprint density at radius 3 is 2.62 bits per heavy atom. The van der Waals surface area contributed by atoms with Crippen molar-refractivity contribution < 1.29 is 9.21 Å². The van der Waals surface area contributed by atoms with Crippen LogP contribution in [0.2, 0.25) is 0 Å². The van der Waals surface area contributed by atoms with Crippen LogP contribution in [0.15, 0.2) is 41.7 Å². The summed E-state index contributed by atoms with van der Waals surface area (Å²) in [6.07, 6.45) is 7.18. The molecule has 4 heteroatoms. The average Bonchev–Trinajstić information content (AvgIpc) is 2.71. The third kappa shape index (κ3) is 1.46. The van der Waals surface area contributed by atoms with E-state index in [0.717, 1.165) is 0 Å². The largest absolute Gasteiger partial charge is 0.472 e. The monoisotopic (exact) mass is 174 g/mol. The standard InChI is InChI=1S/C9H6N2O2/c12-9(7-1-2-13-5-7)8-3-10-6-11-4-8/h1-6H. The van der Waals surface area contributed by atoms with Crippen LogP contribution in [0, 0.1) is 0 Å². The zero-order chi connectivity index (χ0) is 9.10. The van der Waals surface area contributed by atoms with Gasteiger partial charge in [0.25, 0.3) is 0 Å². The number of furan rings is 1. The summed E-state index contributed by atoms with van der Waals surface area (Å²) in [6.45, 7) is 0. The van der Waals surface area contributed by atoms with E-state index < -0.39 is 0 Å². The van der Waals surface area contributed by atoms with Gasteiger partial charge < -0.3 is 4.42 Å². The first kappa shape index (κ1) is 7.67. The second-order valence-electron chi connectivity index (χ2n) is 2.47. The number of nitrogens with zero attached hydrogens (tertiary/aromatic N) is 2. The molecule has 0 fully saturated rings. The van der Waals surface area contributed by atoms with Gasteiger partial charge in [-0.05, 0) is 6.07 Å². The first-order valence-electron chi connectivity index (χ1n) is 3.70. The number of rotatable bonds is 2. The molecule has 13 heavy (non-hydrogen) atoms. The second kappa shape index (κ2) is 3.18. The maximum Gasteiger partial charge on any atom is 0.199 e. The lowest BCUT2D eigenvalue weighted by molar-refractivity contribution is 0.103. The fourth-order valence-electron chi connectivity index (χ4n) is 0.977. The normalized spacial score (nSPS) is 9.85. The maximum atomic E-state index is 11.6. The van der Waals surface area contributed by atoms with Gasteiger partial charge in [0.1, 0.15) is 12.6 Å². The second-order valence-corrected chi connectivity index (χ2v) is 2.47. The van der Waals surface area contributed by atoms with Gasteiger partial charge >= 0.3 is 0 Å².